The molecule has 1 aliphatic carbocycles. The second kappa shape index (κ2) is 4.92. The molecular formula is C15H14N4O2S. The number of likely N-dealkylation sites (tertiary alicyclic amines) is 1. The number of carbonyl (C=O) groups excluding carboxylic acids is 1. The van der Waals surface area contributed by atoms with Gasteiger partial charge < -0.3 is 9.88 Å². The Morgan fingerprint density at radius 2 is 2.27 bits per heavy atom. The van der Waals surface area contributed by atoms with Crippen LogP contribution in [0.4, 0.5) is 0 Å². The minimum Gasteiger partial charge on any atom is -0.320 e. The van der Waals surface area contributed by atoms with Crippen LogP contribution in [0, 0.1) is 11.3 Å². The van der Waals surface area contributed by atoms with Crippen molar-refractivity contribution < 1.29 is 4.79 Å². The van der Waals surface area contributed by atoms with Crippen molar-refractivity contribution in [2.75, 3.05) is 6.54 Å². The number of H-pyrrole nitrogens is 1. The van der Waals surface area contributed by atoms with Crippen LogP contribution in [0.3, 0.4) is 0 Å². The summed E-state index contributed by atoms with van der Waals surface area (Å²) < 4.78 is 0. The predicted octanol–water partition coefficient (Wildman–Crippen LogP) is 1.60. The van der Waals surface area contributed by atoms with E-state index < -0.39 is 6.04 Å². The Labute approximate surface area is 130 Å². The van der Waals surface area contributed by atoms with Crippen molar-refractivity contribution in [3.05, 3.63) is 26.6 Å². The average molecular weight is 314 g/mol. The molecule has 0 radical (unpaired) electrons. The Morgan fingerprint density at radius 1 is 1.41 bits per heavy atom. The first-order chi connectivity index (χ1) is 10.7. The summed E-state index contributed by atoms with van der Waals surface area (Å²) in [7, 11) is 0. The van der Waals surface area contributed by atoms with Gasteiger partial charge in [-0.25, -0.2) is 4.98 Å². The molecule has 112 valence electrons. The third-order valence-electron chi connectivity index (χ3n) is 4.44. The topological polar surface area (TPSA) is 89.8 Å². The number of aryl methyl sites for hydroxylation is 2. The number of thiophene rings is 1. The molecule has 2 aromatic heterocycles. The molecule has 6 nitrogen and oxygen atoms in total. The molecule has 0 spiro atoms. The average Bonchev–Trinajstić information content (AvgIpc) is 3.20. The Hall–Kier alpha value is -2.20. The number of hydrogen-bond donors (Lipinski definition) is 1. The molecule has 22 heavy (non-hydrogen) atoms. The van der Waals surface area contributed by atoms with Crippen molar-refractivity contribution in [2.24, 2.45) is 0 Å². The third-order valence-corrected chi connectivity index (χ3v) is 5.63. The zero-order valence-corrected chi connectivity index (χ0v) is 12.7. The lowest BCUT2D eigenvalue weighted by atomic mass is 10.2. The number of nitrogens with one attached hydrogen (secondary N) is 1. The summed E-state index contributed by atoms with van der Waals surface area (Å²) in [5, 5.41) is 9.75. The number of nitrogens with zero attached hydrogens (tertiary/aromatic N) is 3. The fourth-order valence-electron chi connectivity index (χ4n) is 3.38. The fourth-order valence-corrected chi connectivity index (χ4v) is 4.65. The molecule has 1 amide bonds. The van der Waals surface area contributed by atoms with Crippen molar-refractivity contribution in [1.82, 2.24) is 14.9 Å². The molecule has 1 atom stereocenters. The van der Waals surface area contributed by atoms with Crippen LogP contribution >= 0.6 is 11.3 Å². The van der Waals surface area contributed by atoms with Crippen molar-refractivity contribution in [3.8, 4) is 6.07 Å². The first kappa shape index (κ1) is 13.5. The minimum atomic E-state index is -0.415. The summed E-state index contributed by atoms with van der Waals surface area (Å²) in [6.45, 7) is 0.541. The van der Waals surface area contributed by atoms with Gasteiger partial charge in [-0.05, 0) is 37.7 Å². The van der Waals surface area contributed by atoms with Gasteiger partial charge in [0, 0.05) is 11.4 Å². The zero-order chi connectivity index (χ0) is 15.3. The maximum atomic E-state index is 12.5. The zero-order valence-electron chi connectivity index (χ0n) is 11.9. The SMILES string of the molecule is N#CC1CCCN1C(=O)c1nc2sc3c(c2c(=O)[nH]1)CCC3. The molecule has 3 heterocycles. The van der Waals surface area contributed by atoms with Crippen molar-refractivity contribution in [2.45, 2.75) is 38.1 Å². The van der Waals surface area contributed by atoms with Crippen LogP contribution < -0.4 is 5.56 Å². The molecule has 2 aliphatic rings. The van der Waals surface area contributed by atoms with Gasteiger partial charge in [0.25, 0.3) is 11.5 Å². The van der Waals surface area contributed by atoms with E-state index in [-0.39, 0.29) is 17.3 Å². The Balaban J connectivity index is 1.79. The molecule has 2 aromatic rings. The normalized spacial score (nSPS) is 20.3. The largest absolute Gasteiger partial charge is 0.320 e. The predicted molar refractivity (Wildman–Crippen MR) is 81.9 cm³/mol. The lowest BCUT2D eigenvalue weighted by molar-refractivity contribution is 0.0752. The third kappa shape index (κ3) is 1.87. The van der Waals surface area contributed by atoms with Crippen LogP contribution in [0.15, 0.2) is 4.79 Å². The number of aromatic nitrogens is 2. The summed E-state index contributed by atoms with van der Waals surface area (Å²) in [6.07, 6.45) is 4.47. The fraction of sp³-hybridized carbons (Fsp3) is 0.467. The minimum absolute atomic E-state index is 0.0552. The summed E-state index contributed by atoms with van der Waals surface area (Å²) in [4.78, 5) is 35.3. The summed E-state index contributed by atoms with van der Waals surface area (Å²) in [5.74, 6) is -0.295. The second-order valence-electron chi connectivity index (χ2n) is 5.74. The number of hydrogen-bond acceptors (Lipinski definition) is 5. The highest BCUT2D eigenvalue weighted by atomic mass is 32.1. The first-order valence-corrected chi connectivity index (χ1v) is 8.26. The lowest BCUT2D eigenvalue weighted by Gasteiger charge is -2.18. The van der Waals surface area contributed by atoms with E-state index in [0.717, 1.165) is 31.2 Å². The van der Waals surface area contributed by atoms with Crippen LogP contribution in [0.1, 0.15) is 40.3 Å². The van der Waals surface area contributed by atoms with Gasteiger partial charge in [-0.2, -0.15) is 5.26 Å². The van der Waals surface area contributed by atoms with Crippen LogP contribution in [0.2, 0.25) is 0 Å². The molecule has 4 rings (SSSR count). The number of rotatable bonds is 1. The molecular weight excluding hydrogens is 300 g/mol. The number of nitriles is 1. The monoisotopic (exact) mass is 314 g/mol. The molecule has 7 heteroatoms. The van der Waals surface area contributed by atoms with Crippen molar-refractivity contribution >= 4 is 27.5 Å². The van der Waals surface area contributed by atoms with E-state index in [4.69, 9.17) is 5.26 Å². The molecule has 1 N–H and O–H groups in total. The van der Waals surface area contributed by atoms with Crippen molar-refractivity contribution in [3.63, 3.8) is 0 Å². The van der Waals surface area contributed by atoms with Gasteiger partial charge in [0.05, 0.1) is 11.5 Å². The summed E-state index contributed by atoms with van der Waals surface area (Å²) >= 11 is 1.51. The van der Waals surface area contributed by atoms with Gasteiger partial charge >= 0.3 is 0 Å². The highest BCUT2D eigenvalue weighted by Gasteiger charge is 2.31. The van der Waals surface area contributed by atoms with Gasteiger partial charge in [-0.3, -0.25) is 9.59 Å². The number of amides is 1. The van der Waals surface area contributed by atoms with Gasteiger partial charge in [-0.1, -0.05) is 0 Å². The van der Waals surface area contributed by atoms with E-state index in [9.17, 15) is 9.59 Å². The molecule has 1 aliphatic heterocycles. The molecule has 1 saturated heterocycles. The maximum Gasteiger partial charge on any atom is 0.290 e. The van der Waals surface area contributed by atoms with E-state index in [1.807, 2.05) is 0 Å². The first-order valence-electron chi connectivity index (χ1n) is 7.44. The van der Waals surface area contributed by atoms with Gasteiger partial charge in [0.1, 0.15) is 10.9 Å². The summed E-state index contributed by atoms with van der Waals surface area (Å²) in [5.41, 5.74) is 0.865. The van der Waals surface area contributed by atoms with Crippen LogP contribution in [-0.4, -0.2) is 33.4 Å². The highest BCUT2D eigenvalue weighted by molar-refractivity contribution is 7.18. The quantitative estimate of drug-likeness (QED) is 0.865. The van der Waals surface area contributed by atoms with Crippen LogP contribution in [0.25, 0.3) is 10.2 Å². The Bertz CT molecular complexity index is 876. The highest BCUT2D eigenvalue weighted by Crippen LogP contribution is 2.34. The van der Waals surface area contributed by atoms with Gasteiger partial charge in [0.2, 0.25) is 5.82 Å². The Morgan fingerprint density at radius 3 is 3.09 bits per heavy atom. The van der Waals surface area contributed by atoms with Gasteiger partial charge in [-0.15, -0.1) is 11.3 Å². The number of carbonyl (C=O) groups is 1. The van der Waals surface area contributed by atoms with E-state index in [1.165, 1.54) is 21.1 Å². The number of aromatic amines is 1. The molecule has 0 aromatic carbocycles. The molecule has 1 fully saturated rings. The molecule has 0 saturated carbocycles. The second-order valence-corrected chi connectivity index (χ2v) is 6.82. The summed E-state index contributed by atoms with van der Waals surface area (Å²) in [6, 6.07) is 1.72. The molecule has 1 unspecified atom stereocenters. The van der Waals surface area contributed by atoms with E-state index >= 15 is 0 Å². The van der Waals surface area contributed by atoms with Crippen LogP contribution in [-0.2, 0) is 12.8 Å². The van der Waals surface area contributed by atoms with Crippen LogP contribution in [0.5, 0.6) is 0 Å². The van der Waals surface area contributed by atoms with E-state index in [0.29, 0.717) is 23.2 Å². The smallest absolute Gasteiger partial charge is 0.290 e. The molecule has 0 bridgehead atoms. The maximum absolute atomic E-state index is 12.5. The lowest BCUT2D eigenvalue weighted by Crippen LogP contribution is -2.36. The standard InChI is InChI=1S/C15H14N4O2S/c16-7-8-3-2-6-19(8)15(21)12-17-13(20)11-9-4-1-5-10(9)22-14(11)18-12/h8H,1-6H2,(H,17,18,20). The van der Waals surface area contributed by atoms with E-state index in [1.54, 1.807) is 0 Å². The number of fused-ring (bicyclic) bond motifs is 3. The van der Waals surface area contributed by atoms with Crippen molar-refractivity contribution in [1.29, 1.82) is 5.26 Å². The van der Waals surface area contributed by atoms with Gasteiger partial charge in [0.15, 0.2) is 0 Å². The Kier molecular flexibility index (Phi) is 3.01. The van der Waals surface area contributed by atoms with E-state index in [2.05, 4.69) is 16.0 Å².